The molecule has 1 nitrogen and oxygen atoms in total. The van der Waals surface area contributed by atoms with Crippen LogP contribution in [0.15, 0.2) is 0 Å². The van der Waals surface area contributed by atoms with E-state index in [1.165, 1.54) is 0 Å². The van der Waals surface area contributed by atoms with Gasteiger partial charge in [-0.2, -0.15) is 6.42 Å². The van der Waals surface area contributed by atoms with Crippen LogP contribution in [0, 0.1) is 6.42 Å². The summed E-state index contributed by atoms with van der Waals surface area (Å²) in [5.74, 6) is 0. The normalized spacial score (nSPS) is 29.6. The Morgan fingerprint density at radius 2 is 2.43 bits per heavy atom. The zero-order valence-corrected chi connectivity index (χ0v) is 7.07. The molecule has 2 heteroatoms. The molecule has 43 valence electrons. The molecule has 0 N–H and O–H groups in total. The zero-order valence-electron chi connectivity index (χ0n) is 4.36. The van der Waals surface area contributed by atoms with E-state index in [1.807, 2.05) is 0 Å². The summed E-state index contributed by atoms with van der Waals surface area (Å²) in [6.45, 7) is 2.99. The first kappa shape index (κ1) is 7.62. The van der Waals surface area contributed by atoms with E-state index < -0.39 is 0 Å². The first-order valence-corrected chi connectivity index (χ1v) is 2.34. The van der Waals surface area contributed by atoms with Gasteiger partial charge in [0.15, 0.2) is 0 Å². The molecular formula is C5H9ORe-. The van der Waals surface area contributed by atoms with E-state index in [2.05, 4.69) is 13.3 Å². The van der Waals surface area contributed by atoms with E-state index in [-0.39, 0.29) is 20.4 Å². The molecule has 1 heterocycles. The van der Waals surface area contributed by atoms with Crippen LogP contribution >= 0.6 is 0 Å². The molecule has 1 aliphatic rings. The number of rotatable bonds is 0. The van der Waals surface area contributed by atoms with Gasteiger partial charge >= 0.3 is 0 Å². The third-order valence-electron chi connectivity index (χ3n) is 0.997. The Bertz CT molecular complexity index is 41.3. The second kappa shape index (κ2) is 3.60. The number of ether oxygens (including phenoxy) is 1. The summed E-state index contributed by atoms with van der Waals surface area (Å²) in [4.78, 5) is 0. The Kier molecular flexibility index (Phi) is 3.92. The second-order valence-electron chi connectivity index (χ2n) is 1.60. The summed E-state index contributed by atoms with van der Waals surface area (Å²) < 4.78 is 5.10. The van der Waals surface area contributed by atoms with E-state index in [0.717, 1.165) is 13.0 Å². The van der Waals surface area contributed by atoms with Crippen molar-refractivity contribution < 1.29 is 25.2 Å². The third-order valence-corrected chi connectivity index (χ3v) is 0.997. The average Bonchev–Trinajstić information content (AvgIpc) is 1.86. The summed E-state index contributed by atoms with van der Waals surface area (Å²) in [5, 5.41) is 0. The van der Waals surface area contributed by atoms with Crippen molar-refractivity contribution in [2.75, 3.05) is 6.61 Å². The molecule has 1 saturated heterocycles. The maximum atomic E-state index is 5.10. The first-order chi connectivity index (χ1) is 2.89. The SMILES string of the molecule is CC1[CH-]CCO1.[Re]. The molecule has 0 aliphatic carbocycles. The molecule has 1 aliphatic heterocycles. The van der Waals surface area contributed by atoms with Gasteiger partial charge in [-0.25, -0.2) is 0 Å². The van der Waals surface area contributed by atoms with E-state index in [9.17, 15) is 0 Å². The molecule has 7 heavy (non-hydrogen) atoms. The van der Waals surface area contributed by atoms with E-state index >= 15 is 0 Å². The minimum atomic E-state index is 0. The third kappa shape index (κ3) is 2.44. The van der Waals surface area contributed by atoms with Crippen molar-refractivity contribution in [1.29, 1.82) is 0 Å². The first-order valence-electron chi connectivity index (χ1n) is 2.34. The van der Waals surface area contributed by atoms with Gasteiger partial charge in [-0.05, 0) is 0 Å². The van der Waals surface area contributed by atoms with Gasteiger partial charge < -0.3 is 4.74 Å². The molecule has 1 rings (SSSR count). The Balaban J connectivity index is 0.000000360. The van der Waals surface area contributed by atoms with E-state index in [1.54, 1.807) is 0 Å². The molecule has 1 unspecified atom stereocenters. The van der Waals surface area contributed by atoms with Crippen molar-refractivity contribution in [1.82, 2.24) is 0 Å². The van der Waals surface area contributed by atoms with Gasteiger partial charge in [0, 0.05) is 27.0 Å². The standard InChI is InChI=1S/C5H9O.Re/c1-5-3-2-4-6-5;/h3,5H,2,4H2,1H3;/q-1;. The molecule has 0 bridgehead atoms. The fraction of sp³-hybridized carbons (Fsp3) is 0.800. The molecule has 0 aromatic heterocycles. The Hall–Kier alpha value is 0.622. The molecule has 1 atom stereocenters. The molecule has 0 saturated carbocycles. The van der Waals surface area contributed by atoms with Crippen molar-refractivity contribution in [2.24, 2.45) is 0 Å². The van der Waals surface area contributed by atoms with E-state index in [0.29, 0.717) is 6.10 Å². The van der Waals surface area contributed by atoms with Crippen LogP contribution < -0.4 is 0 Å². The number of hydrogen-bond acceptors (Lipinski definition) is 1. The van der Waals surface area contributed by atoms with Gasteiger partial charge in [0.2, 0.25) is 0 Å². The Morgan fingerprint density at radius 3 is 2.57 bits per heavy atom. The fourth-order valence-electron chi connectivity index (χ4n) is 0.625. The minimum Gasteiger partial charge on any atom is -0.413 e. The summed E-state index contributed by atoms with van der Waals surface area (Å²) in [5.41, 5.74) is 0. The molecule has 1 fully saturated rings. The van der Waals surface area contributed by atoms with Crippen LogP contribution in [0.2, 0.25) is 0 Å². The fourth-order valence-corrected chi connectivity index (χ4v) is 0.625. The van der Waals surface area contributed by atoms with Crippen LogP contribution in [0.4, 0.5) is 0 Å². The van der Waals surface area contributed by atoms with Crippen molar-refractivity contribution >= 4 is 0 Å². The molecular weight excluding hydrogens is 262 g/mol. The van der Waals surface area contributed by atoms with Gasteiger partial charge in [0.25, 0.3) is 0 Å². The van der Waals surface area contributed by atoms with Crippen molar-refractivity contribution in [3.8, 4) is 0 Å². The van der Waals surface area contributed by atoms with Crippen molar-refractivity contribution in [3.05, 3.63) is 6.42 Å². The smallest absolute Gasteiger partial charge is 0.0165 e. The van der Waals surface area contributed by atoms with Gasteiger partial charge in [-0.15, -0.1) is 0 Å². The predicted octanol–water partition coefficient (Wildman–Crippen LogP) is 0.997. The summed E-state index contributed by atoms with van der Waals surface area (Å²) >= 11 is 0. The average molecular weight is 271 g/mol. The van der Waals surface area contributed by atoms with Crippen LogP contribution in [0.25, 0.3) is 0 Å². The van der Waals surface area contributed by atoms with Crippen LogP contribution in [-0.4, -0.2) is 12.7 Å². The Morgan fingerprint density at radius 1 is 1.71 bits per heavy atom. The molecule has 0 spiro atoms. The van der Waals surface area contributed by atoms with Gasteiger partial charge in [-0.3, -0.25) is 6.42 Å². The summed E-state index contributed by atoms with van der Waals surface area (Å²) in [6.07, 6.45) is 3.74. The quantitative estimate of drug-likeness (QED) is 0.597. The topological polar surface area (TPSA) is 9.23 Å². The predicted molar refractivity (Wildman–Crippen MR) is 24.3 cm³/mol. The van der Waals surface area contributed by atoms with Crippen LogP contribution in [-0.2, 0) is 25.2 Å². The van der Waals surface area contributed by atoms with Crippen LogP contribution in [0.5, 0.6) is 0 Å². The van der Waals surface area contributed by atoms with Gasteiger partial charge in [-0.1, -0.05) is 13.0 Å². The summed E-state index contributed by atoms with van der Waals surface area (Å²) in [6, 6.07) is 0. The summed E-state index contributed by atoms with van der Waals surface area (Å²) in [7, 11) is 0. The van der Waals surface area contributed by atoms with Crippen molar-refractivity contribution in [2.45, 2.75) is 19.4 Å². The Labute approximate surface area is 58.1 Å². The number of hydrogen-bond donors (Lipinski definition) is 0. The zero-order chi connectivity index (χ0) is 4.41. The monoisotopic (exact) mass is 272 g/mol. The molecule has 1 radical (unpaired) electrons. The largest absolute Gasteiger partial charge is 0.413 e. The molecule has 0 aromatic rings. The van der Waals surface area contributed by atoms with Crippen LogP contribution in [0.3, 0.4) is 0 Å². The van der Waals surface area contributed by atoms with Gasteiger partial charge in [0.05, 0.1) is 0 Å². The van der Waals surface area contributed by atoms with Crippen LogP contribution in [0.1, 0.15) is 13.3 Å². The minimum absolute atomic E-state index is 0. The van der Waals surface area contributed by atoms with Gasteiger partial charge in [0.1, 0.15) is 0 Å². The maximum Gasteiger partial charge on any atom is 0.0165 e. The van der Waals surface area contributed by atoms with Crippen molar-refractivity contribution in [3.63, 3.8) is 0 Å². The second-order valence-corrected chi connectivity index (χ2v) is 1.60. The molecule has 0 aromatic carbocycles. The van der Waals surface area contributed by atoms with E-state index in [4.69, 9.17) is 4.74 Å². The molecule has 0 amide bonds. The maximum absolute atomic E-state index is 5.10.